The molecule has 5 nitrogen and oxygen atoms in total. The van der Waals surface area contributed by atoms with Gasteiger partial charge in [-0.15, -0.1) is 11.3 Å². The molecule has 0 saturated carbocycles. The number of nitrogens with zero attached hydrogens (tertiary/aromatic N) is 2. The standard InChI is InChI=1S/C32H42FN3O2S/c1-21(2)17-36(32(38)34-31-27(22(3)4)9-8-10-28(31)23(5)6)20-30(37)35(19-29-24(7)15-16-39-29)18-25-11-13-26(33)14-12-25/h8-16,21-23H,17-20H2,1-7H3,(H,34,38). The highest BCUT2D eigenvalue weighted by atomic mass is 32.1. The SMILES string of the molecule is Cc1ccsc1CN(Cc1ccc(F)cc1)C(=O)CN(CC(C)C)C(=O)Nc1c(C(C)C)cccc1C(C)C. The molecular formula is C32H42FN3O2S. The number of hydrogen-bond acceptors (Lipinski definition) is 3. The molecule has 0 bridgehead atoms. The van der Waals surface area contributed by atoms with Gasteiger partial charge in [-0.2, -0.15) is 0 Å². The fourth-order valence-electron chi connectivity index (χ4n) is 4.59. The van der Waals surface area contributed by atoms with Gasteiger partial charge in [0.05, 0.1) is 6.54 Å². The fraction of sp³-hybridized carbons (Fsp3) is 0.438. The molecule has 0 fully saturated rings. The van der Waals surface area contributed by atoms with Gasteiger partial charge in [-0.3, -0.25) is 4.79 Å². The van der Waals surface area contributed by atoms with Gasteiger partial charge in [0.15, 0.2) is 0 Å². The van der Waals surface area contributed by atoms with Crippen LogP contribution in [-0.2, 0) is 17.9 Å². The Morgan fingerprint density at radius 3 is 2.00 bits per heavy atom. The van der Waals surface area contributed by atoms with Crippen molar-refractivity contribution in [2.75, 3.05) is 18.4 Å². The van der Waals surface area contributed by atoms with Crippen LogP contribution in [0.25, 0.3) is 0 Å². The van der Waals surface area contributed by atoms with Crippen molar-refractivity contribution in [2.45, 2.75) is 73.4 Å². The summed E-state index contributed by atoms with van der Waals surface area (Å²) in [5.41, 5.74) is 4.96. The largest absolute Gasteiger partial charge is 0.332 e. The van der Waals surface area contributed by atoms with Gasteiger partial charge in [0.1, 0.15) is 12.4 Å². The van der Waals surface area contributed by atoms with Crippen molar-refractivity contribution in [3.05, 3.63) is 86.9 Å². The zero-order valence-electron chi connectivity index (χ0n) is 24.3. The summed E-state index contributed by atoms with van der Waals surface area (Å²) in [5, 5.41) is 5.19. The van der Waals surface area contributed by atoms with E-state index in [1.54, 1.807) is 33.3 Å². The highest BCUT2D eigenvalue weighted by Crippen LogP contribution is 2.32. The quantitative estimate of drug-likeness (QED) is 0.261. The first kappa shape index (κ1) is 30.4. The lowest BCUT2D eigenvalue weighted by Crippen LogP contribution is -2.45. The zero-order chi connectivity index (χ0) is 28.7. The first-order chi connectivity index (χ1) is 18.5. The van der Waals surface area contributed by atoms with Gasteiger partial charge in [-0.25, -0.2) is 9.18 Å². The van der Waals surface area contributed by atoms with Crippen LogP contribution in [0.5, 0.6) is 0 Å². The lowest BCUT2D eigenvalue weighted by atomic mass is 9.93. The van der Waals surface area contributed by atoms with Crippen LogP contribution >= 0.6 is 11.3 Å². The molecule has 1 heterocycles. The van der Waals surface area contributed by atoms with E-state index in [4.69, 9.17) is 0 Å². The minimum atomic E-state index is -0.312. The molecule has 3 amide bonds. The second-order valence-electron chi connectivity index (χ2n) is 11.2. The number of urea groups is 1. The molecule has 3 rings (SSSR count). The second-order valence-corrected chi connectivity index (χ2v) is 12.2. The van der Waals surface area contributed by atoms with Crippen LogP contribution in [-0.4, -0.2) is 34.8 Å². The normalized spacial score (nSPS) is 11.4. The van der Waals surface area contributed by atoms with Crippen LogP contribution in [0.1, 0.15) is 80.5 Å². The molecule has 0 unspecified atom stereocenters. The second kappa shape index (κ2) is 13.7. The number of hydrogen-bond donors (Lipinski definition) is 1. The lowest BCUT2D eigenvalue weighted by Gasteiger charge is -2.30. The lowest BCUT2D eigenvalue weighted by molar-refractivity contribution is -0.133. The van der Waals surface area contributed by atoms with Gasteiger partial charge in [-0.1, -0.05) is 71.9 Å². The molecule has 7 heteroatoms. The number of rotatable bonds is 11. The minimum absolute atomic E-state index is 0.0452. The summed E-state index contributed by atoms with van der Waals surface area (Å²) in [7, 11) is 0. The average Bonchev–Trinajstić information content (AvgIpc) is 3.28. The maximum Gasteiger partial charge on any atom is 0.322 e. The number of anilines is 1. The number of carbonyl (C=O) groups is 2. The molecule has 39 heavy (non-hydrogen) atoms. The summed E-state index contributed by atoms with van der Waals surface area (Å²) >= 11 is 1.61. The van der Waals surface area contributed by atoms with Crippen LogP contribution in [0.15, 0.2) is 53.9 Å². The van der Waals surface area contributed by atoms with E-state index < -0.39 is 0 Å². The van der Waals surface area contributed by atoms with E-state index in [-0.39, 0.29) is 42.1 Å². The van der Waals surface area contributed by atoms with E-state index >= 15 is 0 Å². The van der Waals surface area contributed by atoms with Crippen molar-refractivity contribution in [3.8, 4) is 0 Å². The molecule has 210 valence electrons. The number of halogens is 1. The number of para-hydroxylation sites is 1. The van der Waals surface area contributed by atoms with Crippen molar-refractivity contribution in [2.24, 2.45) is 5.92 Å². The van der Waals surface area contributed by atoms with E-state index in [9.17, 15) is 14.0 Å². The molecule has 0 atom stereocenters. The maximum absolute atomic E-state index is 13.8. The molecule has 2 aromatic carbocycles. The molecule has 0 spiro atoms. The van der Waals surface area contributed by atoms with E-state index in [0.717, 1.165) is 32.8 Å². The Morgan fingerprint density at radius 1 is 0.872 bits per heavy atom. The van der Waals surface area contributed by atoms with E-state index in [2.05, 4.69) is 45.1 Å². The van der Waals surface area contributed by atoms with Crippen LogP contribution < -0.4 is 5.32 Å². The van der Waals surface area contributed by atoms with Crippen molar-refractivity contribution in [1.29, 1.82) is 0 Å². The highest BCUT2D eigenvalue weighted by molar-refractivity contribution is 7.10. The smallest absolute Gasteiger partial charge is 0.322 e. The Kier molecular flexibility index (Phi) is 10.7. The third-order valence-corrected chi connectivity index (χ3v) is 7.75. The molecular weight excluding hydrogens is 509 g/mol. The summed E-state index contributed by atoms with van der Waals surface area (Å²) in [5.74, 6) is 0.189. The van der Waals surface area contributed by atoms with E-state index in [1.165, 1.54) is 12.1 Å². The van der Waals surface area contributed by atoms with Crippen molar-refractivity contribution in [3.63, 3.8) is 0 Å². The summed E-state index contributed by atoms with van der Waals surface area (Å²) in [4.78, 5) is 32.0. The highest BCUT2D eigenvalue weighted by Gasteiger charge is 2.25. The molecule has 0 aliphatic rings. The Hall–Kier alpha value is -3.19. The third kappa shape index (κ3) is 8.40. The number of thiophene rings is 1. The number of carbonyl (C=O) groups excluding carboxylic acids is 2. The molecule has 0 saturated heterocycles. The maximum atomic E-state index is 13.8. The Morgan fingerprint density at radius 2 is 1.49 bits per heavy atom. The Bertz CT molecular complexity index is 1220. The third-order valence-electron chi connectivity index (χ3n) is 6.75. The molecule has 0 aliphatic heterocycles. The van der Waals surface area contributed by atoms with Crippen LogP contribution in [0.3, 0.4) is 0 Å². The molecule has 0 radical (unpaired) electrons. The summed E-state index contributed by atoms with van der Waals surface area (Å²) in [6.45, 7) is 15.7. The summed E-state index contributed by atoms with van der Waals surface area (Å²) < 4.78 is 13.5. The zero-order valence-corrected chi connectivity index (χ0v) is 25.1. The van der Waals surface area contributed by atoms with Gasteiger partial charge in [0.25, 0.3) is 0 Å². The van der Waals surface area contributed by atoms with Gasteiger partial charge in [0, 0.05) is 23.7 Å². The number of aryl methyl sites for hydroxylation is 1. The van der Waals surface area contributed by atoms with Gasteiger partial charge in [-0.05, 0) is 70.5 Å². The van der Waals surface area contributed by atoms with Crippen molar-refractivity contribution >= 4 is 29.0 Å². The van der Waals surface area contributed by atoms with Crippen molar-refractivity contribution in [1.82, 2.24) is 9.80 Å². The van der Waals surface area contributed by atoms with Gasteiger partial charge >= 0.3 is 6.03 Å². The Labute approximate surface area is 237 Å². The topological polar surface area (TPSA) is 52.7 Å². The number of amides is 3. The molecule has 1 N–H and O–H groups in total. The molecule has 1 aromatic heterocycles. The summed E-state index contributed by atoms with van der Waals surface area (Å²) in [6.07, 6.45) is 0. The van der Waals surface area contributed by atoms with Gasteiger partial charge < -0.3 is 15.1 Å². The van der Waals surface area contributed by atoms with Gasteiger partial charge in [0.2, 0.25) is 5.91 Å². The minimum Gasteiger partial charge on any atom is -0.332 e. The van der Waals surface area contributed by atoms with E-state index in [1.807, 2.05) is 38.3 Å². The predicted octanol–water partition coefficient (Wildman–Crippen LogP) is 8.16. The summed E-state index contributed by atoms with van der Waals surface area (Å²) in [6, 6.07) is 14.1. The number of benzene rings is 2. The molecule has 3 aromatic rings. The molecule has 0 aliphatic carbocycles. The van der Waals surface area contributed by atoms with Crippen LogP contribution in [0.2, 0.25) is 0 Å². The predicted molar refractivity (Wildman–Crippen MR) is 160 cm³/mol. The van der Waals surface area contributed by atoms with Crippen molar-refractivity contribution < 1.29 is 14.0 Å². The van der Waals surface area contributed by atoms with Crippen LogP contribution in [0, 0.1) is 18.7 Å². The monoisotopic (exact) mass is 551 g/mol. The fourth-order valence-corrected chi connectivity index (χ4v) is 5.51. The average molecular weight is 552 g/mol. The van der Waals surface area contributed by atoms with Crippen LogP contribution in [0.4, 0.5) is 14.9 Å². The first-order valence-corrected chi connectivity index (χ1v) is 14.6. The number of nitrogens with one attached hydrogen (secondary N) is 1. The van der Waals surface area contributed by atoms with E-state index in [0.29, 0.717) is 19.6 Å². The first-order valence-electron chi connectivity index (χ1n) is 13.7. The Balaban J connectivity index is 1.88.